The first-order valence-corrected chi connectivity index (χ1v) is 13.0. The number of amides is 1. The number of hydrogen-bond donors (Lipinski definition) is 1. The van der Waals surface area contributed by atoms with E-state index >= 15 is 0 Å². The van der Waals surface area contributed by atoms with Crippen LogP contribution in [-0.4, -0.2) is 44.6 Å². The standard InChI is InChI=1S/C23H32N2O4S2/c1-6-25(7-2)31(27,28)20-12-13-22(29-5)21(14-20)24-23(26)16-30-15-18-8-10-19(11-9-18)17(3)4/h8-14,17H,6-7,15-16H2,1-5H3,(H,24,26). The van der Waals surface area contributed by atoms with Crippen LogP contribution >= 0.6 is 11.8 Å². The number of carbonyl (C=O) groups excluding carboxylic acids is 1. The molecule has 0 aromatic heterocycles. The maximum atomic E-state index is 12.8. The van der Waals surface area contributed by atoms with Gasteiger partial charge in [-0.05, 0) is 35.2 Å². The minimum Gasteiger partial charge on any atom is -0.495 e. The highest BCUT2D eigenvalue weighted by atomic mass is 32.2. The van der Waals surface area contributed by atoms with E-state index in [0.717, 1.165) is 11.3 Å². The molecule has 0 saturated heterocycles. The molecular weight excluding hydrogens is 432 g/mol. The van der Waals surface area contributed by atoms with Crippen LogP contribution in [-0.2, 0) is 20.6 Å². The molecule has 31 heavy (non-hydrogen) atoms. The number of benzene rings is 2. The summed E-state index contributed by atoms with van der Waals surface area (Å²) in [6, 6.07) is 12.9. The van der Waals surface area contributed by atoms with Crippen molar-refractivity contribution in [3.8, 4) is 5.75 Å². The molecule has 0 atom stereocenters. The Labute approximate surface area is 190 Å². The number of thioether (sulfide) groups is 1. The van der Waals surface area contributed by atoms with Crippen LogP contribution in [0.5, 0.6) is 5.75 Å². The summed E-state index contributed by atoms with van der Waals surface area (Å²) < 4.78 is 32.3. The third kappa shape index (κ3) is 6.72. The third-order valence-electron chi connectivity index (χ3n) is 4.94. The fourth-order valence-electron chi connectivity index (χ4n) is 3.10. The Hall–Kier alpha value is -2.03. The van der Waals surface area contributed by atoms with Gasteiger partial charge in [0, 0.05) is 18.8 Å². The van der Waals surface area contributed by atoms with Gasteiger partial charge in [0.15, 0.2) is 0 Å². The summed E-state index contributed by atoms with van der Waals surface area (Å²) in [7, 11) is -2.14. The van der Waals surface area contributed by atoms with E-state index < -0.39 is 10.0 Å². The van der Waals surface area contributed by atoms with Crippen LogP contribution in [0, 0.1) is 0 Å². The molecule has 0 radical (unpaired) electrons. The first-order valence-electron chi connectivity index (χ1n) is 10.4. The van der Waals surface area contributed by atoms with E-state index in [0.29, 0.717) is 30.4 Å². The van der Waals surface area contributed by atoms with Crippen molar-refractivity contribution >= 4 is 33.4 Å². The van der Waals surface area contributed by atoms with E-state index in [9.17, 15) is 13.2 Å². The van der Waals surface area contributed by atoms with E-state index in [4.69, 9.17) is 4.74 Å². The Bertz CT molecular complexity index is 970. The second-order valence-electron chi connectivity index (χ2n) is 7.39. The van der Waals surface area contributed by atoms with Crippen molar-refractivity contribution in [1.29, 1.82) is 0 Å². The predicted octanol–water partition coefficient (Wildman–Crippen LogP) is 4.72. The summed E-state index contributed by atoms with van der Waals surface area (Å²) in [6.07, 6.45) is 0. The van der Waals surface area contributed by atoms with Gasteiger partial charge in [0.2, 0.25) is 15.9 Å². The molecule has 0 unspecified atom stereocenters. The SMILES string of the molecule is CCN(CC)S(=O)(=O)c1ccc(OC)c(NC(=O)CSCc2ccc(C(C)C)cc2)c1. The van der Waals surface area contributed by atoms with Gasteiger partial charge in [-0.2, -0.15) is 4.31 Å². The number of hydrogen-bond acceptors (Lipinski definition) is 5. The Kier molecular flexibility index (Phi) is 9.40. The van der Waals surface area contributed by atoms with Crippen LogP contribution in [0.1, 0.15) is 44.7 Å². The molecule has 0 fully saturated rings. The molecule has 0 bridgehead atoms. The summed E-state index contributed by atoms with van der Waals surface area (Å²) in [5.41, 5.74) is 2.80. The van der Waals surface area contributed by atoms with Gasteiger partial charge in [-0.25, -0.2) is 8.42 Å². The lowest BCUT2D eigenvalue weighted by atomic mass is 10.0. The van der Waals surface area contributed by atoms with Gasteiger partial charge < -0.3 is 10.1 Å². The topological polar surface area (TPSA) is 75.7 Å². The number of ether oxygens (including phenoxy) is 1. The van der Waals surface area contributed by atoms with Crippen molar-refractivity contribution in [3.63, 3.8) is 0 Å². The van der Waals surface area contributed by atoms with Crippen molar-refractivity contribution in [2.75, 3.05) is 31.3 Å². The van der Waals surface area contributed by atoms with E-state index in [1.807, 2.05) is 0 Å². The number of nitrogens with zero attached hydrogens (tertiary/aromatic N) is 1. The molecular formula is C23H32N2O4S2. The minimum absolute atomic E-state index is 0.130. The molecule has 8 heteroatoms. The molecule has 0 aliphatic rings. The molecule has 1 amide bonds. The highest BCUT2D eigenvalue weighted by Gasteiger charge is 2.23. The normalized spacial score (nSPS) is 11.7. The maximum Gasteiger partial charge on any atom is 0.243 e. The molecule has 6 nitrogen and oxygen atoms in total. The van der Waals surface area contributed by atoms with Crippen LogP contribution in [0.3, 0.4) is 0 Å². The van der Waals surface area contributed by atoms with Crippen molar-refractivity contribution < 1.29 is 17.9 Å². The van der Waals surface area contributed by atoms with Crippen LogP contribution in [0.4, 0.5) is 5.69 Å². The zero-order valence-corrected chi connectivity index (χ0v) is 20.5. The van der Waals surface area contributed by atoms with Gasteiger partial charge >= 0.3 is 0 Å². The van der Waals surface area contributed by atoms with Gasteiger partial charge in [0.05, 0.1) is 23.4 Å². The smallest absolute Gasteiger partial charge is 0.243 e. The van der Waals surface area contributed by atoms with Gasteiger partial charge in [0.25, 0.3) is 0 Å². The van der Waals surface area contributed by atoms with E-state index in [1.165, 1.54) is 40.9 Å². The monoisotopic (exact) mass is 464 g/mol. The summed E-state index contributed by atoms with van der Waals surface area (Å²) in [5.74, 6) is 1.67. The molecule has 0 aliphatic heterocycles. The first kappa shape index (κ1) is 25.2. The van der Waals surface area contributed by atoms with Crippen molar-refractivity contribution in [3.05, 3.63) is 53.6 Å². The van der Waals surface area contributed by atoms with Gasteiger partial charge in [-0.1, -0.05) is 52.0 Å². The molecule has 0 saturated carbocycles. The third-order valence-corrected chi connectivity index (χ3v) is 7.99. The Balaban J connectivity index is 2.04. The van der Waals surface area contributed by atoms with Crippen LogP contribution in [0.25, 0.3) is 0 Å². The Morgan fingerprint density at radius 2 is 1.74 bits per heavy atom. The largest absolute Gasteiger partial charge is 0.495 e. The minimum atomic E-state index is -3.63. The number of methoxy groups -OCH3 is 1. The number of sulfonamides is 1. The van der Waals surface area contributed by atoms with Gasteiger partial charge in [0.1, 0.15) is 5.75 Å². The Morgan fingerprint density at radius 3 is 2.29 bits per heavy atom. The average Bonchev–Trinajstić information content (AvgIpc) is 2.74. The molecule has 1 N–H and O–H groups in total. The lowest BCUT2D eigenvalue weighted by Crippen LogP contribution is -2.30. The van der Waals surface area contributed by atoms with Gasteiger partial charge in [-0.3, -0.25) is 4.79 Å². The molecule has 170 valence electrons. The highest BCUT2D eigenvalue weighted by molar-refractivity contribution is 7.99. The molecule has 2 aromatic rings. The summed E-state index contributed by atoms with van der Waals surface area (Å²) in [6.45, 7) is 8.65. The second-order valence-corrected chi connectivity index (χ2v) is 10.3. The molecule has 0 heterocycles. The van der Waals surface area contributed by atoms with Crippen molar-refractivity contribution in [2.24, 2.45) is 0 Å². The zero-order chi connectivity index (χ0) is 23.0. The second kappa shape index (κ2) is 11.5. The lowest BCUT2D eigenvalue weighted by molar-refractivity contribution is -0.113. The number of anilines is 1. The maximum absolute atomic E-state index is 12.8. The highest BCUT2D eigenvalue weighted by Crippen LogP contribution is 2.29. The van der Waals surface area contributed by atoms with Crippen molar-refractivity contribution in [2.45, 2.75) is 44.3 Å². The quantitative estimate of drug-likeness (QED) is 0.521. The fourth-order valence-corrected chi connectivity index (χ4v) is 5.38. The summed E-state index contributed by atoms with van der Waals surface area (Å²) in [5, 5.41) is 2.79. The average molecular weight is 465 g/mol. The number of rotatable bonds is 11. The molecule has 0 aliphatic carbocycles. The number of nitrogens with one attached hydrogen (secondary N) is 1. The van der Waals surface area contributed by atoms with E-state index in [-0.39, 0.29) is 16.6 Å². The molecule has 2 rings (SSSR count). The Morgan fingerprint density at radius 1 is 1.10 bits per heavy atom. The van der Waals surface area contributed by atoms with Crippen molar-refractivity contribution in [1.82, 2.24) is 4.31 Å². The predicted molar refractivity (Wildman–Crippen MR) is 128 cm³/mol. The molecule has 0 spiro atoms. The summed E-state index contributed by atoms with van der Waals surface area (Å²) >= 11 is 1.50. The summed E-state index contributed by atoms with van der Waals surface area (Å²) in [4.78, 5) is 12.6. The van der Waals surface area contributed by atoms with Crippen LogP contribution in [0.15, 0.2) is 47.4 Å². The fraction of sp³-hybridized carbons (Fsp3) is 0.435. The number of carbonyl (C=O) groups is 1. The first-order chi connectivity index (χ1) is 14.7. The van der Waals surface area contributed by atoms with Crippen LogP contribution in [0.2, 0.25) is 0 Å². The molecule has 2 aromatic carbocycles. The zero-order valence-electron chi connectivity index (χ0n) is 18.8. The van der Waals surface area contributed by atoms with E-state index in [2.05, 4.69) is 43.4 Å². The van der Waals surface area contributed by atoms with Crippen LogP contribution < -0.4 is 10.1 Å². The van der Waals surface area contributed by atoms with E-state index in [1.54, 1.807) is 19.9 Å². The lowest BCUT2D eigenvalue weighted by Gasteiger charge is -2.19. The van der Waals surface area contributed by atoms with Gasteiger partial charge in [-0.15, -0.1) is 11.8 Å².